The summed E-state index contributed by atoms with van der Waals surface area (Å²) in [5, 5.41) is 15.1. The van der Waals surface area contributed by atoms with Crippen molar-refractivity contribution in [1.82, 2.24) is 10.2 Å². The number of nitrogens with zero attached hydrogens (tertiary/aromatic N) is 1. The number of carboxylic acids is 1. The second-order valence-corrected chi connectivity index (χ2v) is 8.68. The summed E-state index contributed by atoms with van der Waals surface area (Å²) in [5.74, 6) is -3.78. The van der Waals surface area contributed by atoms with E-state index in [1.807, 2.05) is 0 Å². The molecule has 1 spiro atoms. The summed E-state index contributed by atoms with van der Waals surface area (Å²) in [5.41, 5.74) is -0.861. The summed E-state index contributed by atoms with van der Waals surface area (Å²) < 4.78 is 0. The Morgan fingerprint density at radius 3 is 2.50 bits per heavy atom. The lowest BCUT2D eigenvalue weighted by molar-refractivity contribution is -0.148. The van der Waals surface area contributed by atoms with E-state index in [0.29, 0.717) is 11.3 Å². The summed E-state index contributed by atoms with van der Waals surface area (Å²) in [7, 11) is 0. The van der Waals surface area contributed by atoms with Crippen molar-refractivity contribution >= 4 is 29.4 Å². The number of anilines is 1. The molecular formula is C20H23N3O5. The average molecular weight is 385 g/mol. The second kappa shape index (κ2) is 5.88. The molecule has 3 aliphatic heterocycles. The largest absolute Gasteiger partial charge is 0.481 e. The van der Waals surface area contributed by atoms with Gasteiger partial charge in [0.2, 0.25) is 17.7 Å². The molecular weight excluding hydrogens is 362 g/mol. The van der Waals surface area contributed by atoms with E-state index in [1.54, 1.807) is 45.0 Å². The van der Waals surface area contributed by atoms with Gasteiger partial charge in [-0.2, -0.15) is 0 Å². The fraction of sp³-hybridized carbons (Fsp3) is 0.500. The van der Waals surface area contributed by atoms with E-state index in [-0.39, 0.29) is 30.6 Å². The number of likely N-dealkylation sites (tertiary alicyclic amines) is 1. The predicted molar refractivity (Wildman–Crippen MR) is 99.1 cm³/mol. The van der Waals surface area contributed by atoms with Gasteiger partial charge in [0.15, 0.2) is 0 Å². The van der Waals surface area contributed by atoms with Crippen LogP contribution in [0.2, 0.25) is 0 Å². The van der Waals surface area contributed by atoms with E-state index < -0.39 is 34.9 Å². The molecule has 4 unspecified atom stereocenters. The first-order chi connectivity index (χ1) is 13.1. The van der Waals surface area contributed by atoms with E-state index in [1.165, 1.54) is 4.90 Å². The number of aliphatic carboxylic acids is 1. The minimum atomic E-state index is -1.36. The highest BCUT2D eigenvalue weighted by Crippen LogP contribution is 2.54. The van der Waals surface area contributed by atoms with Crippen molar-refractivity contribution in [3.63, 3.8) is 0 Å². The molecule has 3 heterocycles. The molecule has 3 amide bonds. The molecule has 2 saturated heterocycles. The summed E-state index contributed by atoms with van der Waals surface area (Å²) in [4.78, 5) is 52.1. The molecule has 4 atom stereocenters. The minimum absolute atomic E-state index is 0.156. The van der Waals surface area contributed by atoms with E-state index in [0.717, 1.165) is 0 Å². The minimum Gasteiger partial charge on any atom is -0.481 e. The van der Waals surface area contributed by atoms with Gasteiger partial charge >= 0.3 is 5.97 Å². The molecule has 0 aromatic heterocycles. The van der Waals surface area contributed by atoms with Crippen molar-refractivity contribution in [3.8, 4) is 0 Å². The Labute approximate surface area is 162 Å². The fourth-order valence-electron chi connectivity index (χ4n) is 4.95. The third-order valence-electron chi connectivity index (χ3n) is 5.96. The van der Waals surface area contributed by atoms with Crippen LogP contribution in [0.5, 0.6) is 0 Å². The number of imide groups is 1. The molecule has 3 N–H and O–H groups in total. The molecule has 4 rings (SSSR count). The Morgan fingerprint density at radius 1 is 1.18 bits per heavy atom. The number of carbonyl (C=O) groups excluding carboxylic acids is 3. The first-order valence-electron chi connectivity index (χ1n) is 9.37. The van der Waals surface area contributed by atoms with Crippen LogP contribution in [0, 0.1) is 11.8 Å². The normalized spacial score (nSPS) is 31.3. The number of rotatable bonds is 3. The maximum atomic E-state index is 13.4. The summed E-state index contributed by atoms with van der Waals surface area (Å²) in [6, 6.07) is 6.52. The molecule has 148 valence electrons. The summed E-state index contributed by atoms with van der Waals surface area (Å²) >= 11 is 0. The van der Waals surface area contributed by atoms with Crippen LogP contribution in [0.1, 0.15) is 39.2 Å². The standard InChI is InChI=1S/C20H23N3O5/c1-19(2,3)23-16(26)14-12(8-9-13(24)25)22-20(15(14)17(23)27)10-6-4-5-7-11(10)21-18(20)28/h4-7,12,14-15,22H,8-9H2,1-3H3,(H,21,28)(H,24,25). The fourth-order valence-corrected chi connectivity index (χ4v) is 4.95. The predicted octanol–water partition coefficient (Wildman–Crippen LogP) is 1.07. The highest BCUT2D eigenvalue weighted by atomic mass is 16.4. The quantitative estimate of drug-likeness (QED) is 0.671. The molecule has 1 aromatic rings. The monoisotopic (exact) mass is 385 g/mol. The lowest BCUT2D eigenvalue weighted by atomic mass is 9.76. The molecule has 0 aliphatic carbocycles. The number of hydrogen-bond donors (Lipinski definition) is 3. The Morgan fingerprint density at radius 2 is 1.86 bits per heavy atom. The molecule has 2 fully saturated rings. The lowest BCUT2D eigenvalue weighted by Gasteiger charge is -2.34. The summed E-state index contributed by atoms with van der Waals surface area (Å²) in [6.07, 6.45) is 0.00191. The van der Waals surface area contributed by atoms with E-state index in [2.05, 4.69) is 10.6 Å². The van der Waals surface area contributed by atoms with E-state index in [9.17, 15) is 19.2 Å². The van der Waals surface area contributed by atoms with Crippen molar-refractivity contribution in [2.24, 2.45) is 11.8 Å². The lowest BCUT2D eigenvalue weighted by Crippen LogP contribution is -2.55. The molecule has 28 heavy (non-hydrogen) atoms. The number of carbonyl (C=O) groups is 4. The van der Waals surface area contributed by atoms with Gasteiger partial charge in [0.1, 0.15) is 5.54 Å². The third-order valence-corrected chi connectivity index (χ3v) is 5.96. The first-order valence-corrected chi connectivity index (χ1v) is 9.37. The highest BCUT2D eigenvalue weighted by Gasteiger charge is 2.71. The van der Waals surface area contributed by atoms with Gasteiger partial charge in [-0.05, 0) is 33.3 Å². The maximum Gasteiger partial charge on any atom is 0.303 e. The van der Waals surface area contributed by atoms with Gasteiger partial charge in [-0.15, -0.1) is 0 Å². The number of fused-ring (bicyclic) bond motifs is 4. The third kappa shape index (κ3) is 2.33. The van der Waals surface area contributed by atoms with Gasteiger partial charge in [0.25, 0.3) is 0 Å². The van der Waals surface area contributed by atoms with E-state index in [4.69, 9.17) is 5.11 Å². The van der Waals surface area contributed by atoms with Gasteiger partial charge in [-0.25, -0.2) is 0 Å². The van der Waals surface area contributed by atoms with Crippen LogP contribution < -0.4 is 10.6 Å². The van der Waals surface area contributed by atoms with Crippen LogP contribution in [0.4, 0.5) is 5.69 Å². The van der Waals surface area contributed by atoms with Crippen molar-refractivity contribution < 1.29 is 24.3 Å². The van der Waals surface area contributed by atoms with Gasteiger partial charge in [0.05, 0.1) is 11.8 Å². The molecule has 8 nitrogen and oxygen atoms in total. The number of hydrogen-bond acceptors (Lipinski definition) is 5. The molecule has 8 heteroatoms. The Balaban J connectivity index is 1.86. The Hall–Kier alpha value is -2.74. The zero-order valence-electron chi connectivity index (χ0n) is 16.0. The number of para-hydroxylation sites is 1. The van der Waals surface area contributed by atoms with Crippen molar-refractivity contribution in [3.05, 3.63) is 29.8 Å². The van der Waals surface area contributed by atoms with Crippen LogP contribution in [0.3, 0.4) is 0 Å². The number of nitrogens with one attached hydrogen (secondary N) is 2. The molecule has 0 bridgehead atoms. The van der Waals surface area contributed by atoms with Gasteiger partial charge in [0, 0.05) is 29.3 Å². The molecule has 0 radical (unpaired) electrons. The number of benzene rings is 1. The highest BCUT2D eigenvalue weighted by molar-refractivity contribution is 6.15. The molecule has 1 aromatic carbocycles. The van der Waals surface area contributed by atoms with Crippen molar-refractivity contribution in [2.45, 2.75) is 50.7 Å². The number of amides is 3. The zero-order chi connectivity index (χ0) is 20.4. The maximum absolute atomic E-state index is 13.4. The Bertz CT molecular complexity index is 905. The zero-order valence-corrected chi connectivity index (χ0v) is 16.0. The number of carboxylic acid groups (broad SMARTS) is 1. The van der Waals surface area contributed by atoms with Crippen LogP contribution in [-0.2, 0) is 24.7 Å². The van der Waals surface area contributed by atoms with Gasteiger partial charge in [-0.1, -0.05) is 18.2 Å². The van der Waals surface area contributed by atoms with Crippen LogP contribution in [0.15, 0.2) is 24.3 Å². The summed E-state index contributed by atoms with van der Waals surface area (Å²) in [6.45, 7) is 5.33. The SMILES string of the molecule is CC(C)(C)N1C(=O)C2C(CCC(=O)O)NC3(C(=O)Nc4ccccc43)C2C1=O. The smallest absolute Gasteiger partial charge is 0.303 e. The van der Waals surface area contributed by atoms with Crippen molar-refractivity contribution in [2.75, 3.05) is 5.32 Å². The van der Waals surface area contributed by atoms with Crippen molar-refractivity contribution in [1.29, 1.82) is 0 Å². The topological polar surface area (TPSA) is 116 Å². The van der Waals surface area contributed by atoms with Crippen LogP contribution in [0.25, 0.3) is 0 Å². The van der Waals surface area contributed by atoms with Crippen LogP contribution in [-0.4, -0.2) is 45.3 Å². The average Bonchev–Trinajstić information content (AvgIpc) is 3.17. The van der Waals surface area contributed by atoms with Gasteiger partial charge < -0.3 is 10.4 Å². The Kier molecular flexibility index (Phi) is 3.91. The molecule has 0 saturated carbocycles. The second-order valence-electron chi connectivity index (χ2n) is 8.68. The molecule has 3 aliphatic rings. The first kappa shape index (κ1) is 18.6. The van der Waals surface area contributed by atoms with E-state index >= 15 is 0 Å². The van der Waals surface area contributed by atoms with Crippen LogP contribution >= 0.6 is 0 Å². The van der Waals surface area contributed by atoms with Gasteiger partial charge in [-0.3, -0.25) is 29.4 Å².